The average molecular weight is 320 g/mol. The maximum atomic E-state index is 12.6. The summed E-state index contributed by atoms with van der Waals surface area (Å²) in [6, 6.07) is 1.85. The molecule has 6 heteroatoms. The van der Waals surface area contributed by atoms with Crippen LogP contribution in [0.3, 0.4) is 0 Å². The van der Waals surface area contributed by atoms with E-state index in [1.165, 1.54) is 11.3 Å². The molecule has 5 nitrogen and oxygen atoms in total. The zero-order valence-electron chi connectivity index (χ0n) is 12.7. The zero-order chi connectivity index (χ0) is 15.4. The molecule has 1 saturated heterocycles. The van der Waals surface area contributed by atoms with Crippen LogP contribution in [0, 0.1) is 0 Å². The van der Waals surface area contributed by atoms with E-state index in [0.717, 1.165) is 43.0 Å². The molecule has 2 aromatic heterocycles. The smallest absolute Gasteiger partial charge is 0.273 e. The summed E-state index contributed by atoms with van der Waals surface area (Å²) in [7, 11) is 0. The lowest BCUT2D eigenvalue weighted by Gasteiger charge is -2.32. The molecule has 1 unspecified atom stereocenters. The fraction of sp³-hybridized carbons (Fsp3) is 0.500. The van der Waals surface area contributed by atoms with E-state index >= 15 is 0 Å². The summed E-state index contributed by atoms with van der Waals surface area (Å²) in [5.41, 5.74) is 1.42. The van der Waals surface area contributed by atoms with Crippen LogP contribution >= 0.6 is 11.3 Å². The maximum Gasteiger partial charge on any atom is 0.273 e. The molecule has 22 heavy (non-hydrogen) atoms. The van der Waals surface area contributed by atoms with Gasteiger partial charge in [0.1, 0.15) is 17.0 Å². The Kier molecular flexibility index (Phi) is 4.90. The van der Waals surface area contributed by atoms with E-state index in [1.807, 2.05) is 16.3 Å². The molecule has 3 rings (SSSR count). The van der Waals surface area contributed by atoms with Crippen LogP contribution in [0.4, 0.5) is 0 Å². The van der Waals surface area contributed by atoms with Crippen molar-refractivity contribution in [3.8, 4) is 10.6 Å². The molecule has 0 spiro atoms. The predicted molar refractivity (Wildman–Crippen MR) is 85.0 cm³/mol. The van der Waals surface area contributed by atoms with Gasteiger partial charge >= 0.3 is 0 Å². The van der Waals surface area contributed by atoms with E-state index in [2.05, 4.69) is 11.9 Å². The highest BCUT2D eigenvalue weighted by Gasteiger charge is 2.26. The van der Waals surface area contributed by atoms with Crippen molar-refractivity contribution in [2.24, 2.45) is 0 Å². The first-order valence-corrected chi connectivity index (χ1v) is 8.55. The number of thiazole rings is 1. The van der Waals surface area contributed by atoms with Crippen molar-refractivity contribution in [3.63, 3.8) is 0 Å². The molecule has 0 bridgehead atoms. The zero-order valence-corrected chi connectivity index (χ0v) is 13.5. The van der Waals surface area contributed by atoms with Crippen molar-refractivity contribution in [1.29, 1.82) is 0 Å². The molecule has 1 amide bonds. The summed E-state index contributed by atoms with van der Waals surface area (Å²) in [4.78, 5) is 18.9. The Morgan fingerprint density at radius 1 is 1.59 bits per heavy atom. The number of furan rings is 1. The molecule has 1 aliphatic rings. The van der Waals surface area contributed by atoms with Gasteiger partial charge in [-0.25, -0.2) is 4.98 Å². The number of likely N-dealkylation sites (tertiary alicyclic amines) is 1. The first kappa shape index (κ1) is 15.2. The third-order valence-electron chi connectivity index (χ3n) is 3.71. The molecular formula is C16H20N2O3S. The Labute approximate surface area is 133 Å². The van der Waals surface area contributed by atoms with Crippen molar-refractivity contribution >= 4 is 17.2 Å². The highest BCUT2D eigenvalue weighted by molar-refractivity contribution is 7.13. The van der Waals surface area contributed by atoms with Crippen molar-refractivity contribution in [1.82, 2.24) is 9.88 Å². The number of piperidine rings is 1. The molecule has 1 aliphatic heterocycles. The molecule has 1 fully saturated rings. The van der Waals surface area contributed by atoms with Gasteiger partial charge in [0, 0.05) is 30.6 Å². The van der Waals surface area contributed by atoms with Crippen LogP contribution in [0.15, 0.2) is 28.4 Å². The summed E-state index contributed by atoms with van der Waals surface area (Å²) in [5.74, 6) is -0.00390. The highest BCUT2D eigenvalue weighted by Crippen LogP contribution is 2.25. The third-order valence-corrected chi connectivity index (χ3v) is 4.61. The number of hydrogen-bond acceptors (Lipinski definition) is 5. The van der Waals surface area contributed by atoms with E-state index in [1.54, 1.807) is 12.5 Å². The van der Waals surface area contributed by atoms with Crippen LogP contribution in [-0.2, 0) is 4.74 Å². The van der Waals surface area contributed by atoms with Gasteiger partial charge < -0.3 is 14.1 Å². The Bertz CT molecular complexity index is 609. The summed E-state index contributed by atoms with van der Waals surface area (Å²) < 4.78 is 10.8. The van der Waals surface area contributed by atoms with E-state index < -0.39 is 0 Å². The van der Waals surface area contributed by atoms with Crippen LogP contribution in [-0.4, -0.2) is 41.6 Å². The van der Waals surface area contributed by atoms with Gasteiger partial charge in [-0.1, -0.05) is 6.92 Å². The molecule has 0 aromatic carbocycles. The fourth-order valence-corrected chi connectivity index (χ4v) is 3.38. The lowest BCUT2D eigenvalue weighted by atomic mass is 10.1. The molecule has 0 N–H and O–H groups in total. The largest absolute Gasteiger partial charge is 0.472 e. The minimum absolute atomic E-state index is 0.00390. The molecular weight excluding hydrogens is 300 g/mol. The molecule has 0 aliphatic carbocycles. The number of aromatic nitrogens is 1. The maximum absolute atomic E-state index is 12.6. The van der Waals surface area contributed by atoms with E-state index in [4.69, 9.17) is 9.15 Å². The number of carbonyl (C=O) groups is 1. The third kappa shape index (κ3) is 3.39. The summed E-state index contributed by atoms with van der Waals surface area (Å²) in [5, 5.41) is 2.63. The first-order chi connectivity index (χ1) is 10.8. The minimum Gasteiger partial charge on any atom is -0.472 e. The summed E-state index contributed by atoms with van der Waals surface area (Å²) in [6.45, 7) is 4.30. The van der Waals surface area contributed by atoms with Crippen LogP contribution in [0.5, 0.6) is 0 Å². The Morgan fingerprint density at radius 3 is 3.27 bits per heavy atom. The van der Waals surface area contributed by atoms with Gasteiger partial charge in [0.25, 0.3) is 5.91 Å². The SMILES string of the molecule is CCCOC1CCCN(C(=O)c2csc(-c3ccoc3)n2)C1. The highest BCUT2D eigenvalue weighted by atomic mass is 32.1. The van der Waals surface area contributed by atoms with E-state index in [-0.39, 0.29) is 12.0 Å². The van der Waals surface area contributed by atoms with Gasteiger partial charge in [-0.05, 0) is 25.3 Å². The van der Waals surface area contributed by atoms with E-state index in [0.29, 0.717) is 12.2 Å². The molecule has 2 aromatic rings. The number of rotatable bonds is 5. The van der Waals surface area contributed by atoms with Crippen LogP contribution in [0.1, 0.15) is 36.7 Å². The van der Waals surface area contributed by atoms with Gasteiger partial charge in [0.05, 0.1) is 12.4 Å². The van der Waals surface area contributed by atoms with E-state index in [9.17, 15) is 4.79 Å². The first-order valence-electron chi connectivity index (χ1n) is 7.67. The van der Waals surface area contributed by atoms with Gasteiger partial charge in [-0.15, -0.1) is 11.3 Å². The van der Waals surface area contributed by atoms with Crippen LogP contribution < -0.4 is 0 Å². The summed E-state index contributed by atoms with van der Waals surface area (Å²) >= 11 is 1.46. The fourth-order valence-electron chi connectivity index (χ4n) is 2.60. The number of ether oxygens (including phenoxy) is 1. The molecule has 0 saturated carbocycles. The van der Waals surface area contributed by atoms with Crippen LogP contribution in [0.25, 0.3) is 10.6 Å². The van der Waals surface area contributed by atoms with Gasteiger partial charge in [-0.2, -0.15) is 0 Å². The second kappa shape index (κ2) is 7.07. The second-order valence-electron chi connectivity index (χ2n) is 5.44. The summed E-state index contributed by atoms with van der Waals surface area (Å²) in [6.07, 6.45) is 6.43. The van der Waals surface area contributed by atoms with Gasteiger partial charge in [0.15, 0.2) is 0 Å². The van der Waals surface area contributed by atoms with Crippen molar-refractivity contribution in [3.05, 3.63) is 29.7 Å². The monoisotopic (exact) mass is 320 g/mol. The lowest BCUT2D eigenvalue weighted by Crippen LogP contribution is -2.43. The minimum atomic E-state index is -0.00390. The Balaban J connectivity index is 1.66. The van der Waals surface area contributed by atoms with Crippen molar-refractivity contribution in [2.45, 2.75) is 32.3 Å². The number of amides is 1. The Morgan fingerprint density at radius 2 is 2.50 bits per heavy atom. The molecule has 1 atom stereocenters. The topological polar surface area (TPSA) is 55.6 Å². The quantitative estimate of drug-likeness (QED) is 0.847. The standard InChI is InChI=1S/C16H20N2O3S/c1-2-7-21-13-4-3-6-18(9-13)16(19)14-11-22-15(17-14)12-5-8-20-10-12/h5,8,10-11,13H,2-4,6-7,9H2,1H3. The molecule has 118 valence electrons. The van der Waals surface area contributed by atoms with Gasteiger partial charge in [0.2, 0.25) is 0 Å². The van der Waals surface area contributed by atoms with Crippen molar-refractivity contribution < 1.29 is 13.9 Å². The lowest BCUT2D eigenvalue weighted by molar-refractivity contribution is 0.00195. The van der Waals surface area contributed by atoms with Crippen LogP contribution in [0.2, 0.25) is 0 Å². The number of carbonyl (C=O) groups excluding carboxylic acids is 1. The normalized spacial score (nSPS) is 18.6. The predicted octanol–water partition coefficient (Wildman–Crippen LogP) is 3.43. The molecule has 3 heterocycles. The Hall–Kier alpha value is -1.66. The number of hydrogen-bond donors (Lipinski definition) is 0. The van der Waals surface area contributed by atoms with Gasteiger partial charge in [-0.3, -0.25) is 4.79 Å². The average Bonchev–Trinajstić information content (AvgIpc) is 3.23. The molecule has 0 radical (unpaired) electrons. The second-order valence-corrected chi connectivity index (χ2v) is 6.29. The number of nitrogens with zero attached hydrogens (tertiary/aromatic N) is 2. The van der Waals surface area contributed by atoms with Crippen molar-refractivity contribution in [2.75, 3.05) is 19.7 Å².